The van der Waals surface area contributed by atoms with E-state index < -0.39 is 40.8 Å². The fourth-order valence-corrected chi connectivity index (χ4v) is 5.46. The van der Waals surface area contributed by atoms with Gasteiger partial charge in [-0.25, -0.2) is 9.18 Å². The highest BCUT2D eigenvalue weighted by molar-refractivity contribution is 6.05. The van der Waals surface area contributed by atoms with Crippen molar-refractivity contribution in [2.24, 2.45) is 5.41 Å². The van der Waals surface area contributed by atoms with Crippen molar-refractivity contribution < 1.29 is 28.3 Å². The van der Waals surface area contributed by atoms with Crippen LogP contribution in [0.15, 0.2) is 18.2 Å². The molecule has 4 rings (SSSR count). The van der Waals surface area contributed by atoms with Crippen LogP contribution in [0.2, 0.25) is 0 Å². The van der Waals surface area contributed by atoms with Crippen molar-refractivity contribution in [1.82, 2.24) is 15.1 Å². The summed E-state index contributed by atoms with van der Waals surface area (Å²) in [7, 11) is 0. The predicted molar refractivity (Wildman–Crippen MR) is 131 cm³/mol. The van der Waals surface area contributed by atoms with Crippen molar-refractivity contribution in [3.63, 3.8) is 0 Å². The zero-order chi connectivity index (χ0) is 26.4. The Morgan fingerprint density at radius 2 is 1.83 bits per heavy atom. The fourth-order valence-electron chi connectivity index (χ4n) is 5.46. The van der Waals surface area contributed by atoms with Gasteiger partial charge in [-0.05, 0) is 51.7 Å². The number of rotatable bonds is 4. The summed E-state index contributed by atoms with van der Waals surface area (Å²) < 4.78 is 21.6. The summed E-state index contributed by atoms with van der Waals surface area (Å²) in [5, 5.41) is 2.27. The zero-order valence-electron chi connectivity index (χ0n) is 21.6. The highest BCUT2D eigenvalue weighted by Gasteiger charge is 2.43. The summed E-state index contributed by atoms with van der Waals surface area (Å²) in [6.45, 7) is 10.2. The lowest BCUT2D eigenvalue weighted by atomic mass is 9.70. The quantitative estimate of drug-likeness (QED) is 0.631. The molecule has 1 N–H and O–H groups in total. The maximum Gasteiger partial charge on any atom is 0.410 e. The van der Waals surface area contributed by atoms with Gasteiger partial charge in [0.05, 0.1) is 6.54 Å². The van der Waals surface area contributed by atoms with Crippen LogP contribution in [0.5, 0.6) is 0 Å². The standard InChI is InChI=1S/C27H34FN3O5/c1-6-27(7-2)15-30(25(35)36-26(3,4)5)13-12-19(27)17-9-8-16-18(22(17)28)14-31(24(16)34)20-10-11-21(32)29-23(20)33/h8-9,12,20H,6-7,10-11,13-15H2,1-5H3,(H,29,32,33). The first kappa shape index (κ1) is 25.9. The number of halogens is 1. The minimum absolute atomic E-state index is 0.0251. The minimum atomic E-state index is -0.799. The van der Waals surface area contributed by atoms with E-state index in [1.54, 1.807) is 17.0 Å². The van der Waals surface area contributed by atoms with Gasteiger partial charge in [0.15, 0.2) is 0 Å². The van der Waals surface area contributed by atoms with Crippen LogP contribution < -0.4 is 5.32 Å². The molecule has 3 aliphatic heterocycles. The summed E-state index contributed by atoms with van der Waals surface area (Å²) in [4.78, 5) is 52.7. The van der Waals surface area contributed by atoms with Gasteiger partial charge in [-0.1, -0.05) is 26.0 Å². The molecule has 4 amide bonds. The van der Waals surface area contributed by atoms with Gasteiger partial charge < -0.3 is 14.5 Å². The molecule has 1 aromatic rings. The summed E-state index contributed by atoms with van der Waals surface area (Å²) in [6, 6.07) is 2.46. The molecule has 1 unspecified atom stereocenters. The summed E-state index contributed by atoms with van der Waals surface area (Å²) in [5.74, 6) is -1.77. The molecule has 194 valence electrons. The van der Waals surface area contributed by atoms with Crippen LogP contribution in [-0.2, 0) is 20.9 Å². The highest BCUT2D eigenvalue weighted by atomic mass is 19.1. The van der Waals surface area contributed by atoms with Crippen molar-refractivity contribution in [3.8, 4) is 0 Å². The number of fused-ring (bicyclic) bond motifs is 1. The van der Waals surface area contributed by atoms with Crippen molar-refractivity contribution in [2.45, 2.75) is 78.5 Å². The van der Waals surface area contributed by atoms with Crippen molar-refractivity contribution >= 4 is 29.4 Å². The number of hydrogen-bond donors (Lipinski definition) is 1. The second-order valence-electron chi connectivity index (χ2n) is 10.8. The van der Waals surface area contributed by atoms with E-state index in [4.69, 9.17) is 4.74 Å². The number of nitrogens with one attached hydrogen (secondary N) is 1. The van der Waals surface area contributed by atoms with Crippen LogP contribution in [0.4, 0.5) is 9.18 Å². The van der Waals surface area contributed by atoms with E-state index >= 15 is 4.39 Å². The van der Waals surface area contributed by atoms with E-state index in [1.165, 1.54) is 4.90 Å². The number of imide groups is 1. The van der Waals surface area contributed by atoms with E-state index in [-0.39, 0.29) is 36.4 Å². The molecule has 0 radical (unpaired) electrons. The molecule has 1 fully saturated rings. The van der Waals surface area contributed by atoms with Crippen LogP contribution >= 0.6 is 0 Å². The summed E-state index contributed by atoms with van der Waals surface area (Å²) in [5.41, 5.74) is 0.648. The number of benzene rings is 1. The Morgan fingerprint density at radius 1 is 1.17 bits per heavy atom. The van der Waals surface area contributed by atoms with Gasteiger partial charge in [-0.15, -0.1) is 0 Å². The minimum Gasteiger partial charge on any atom is -0.444 e. The van der Waals surface area contributed by atoms with Crippen LogP contribution in [-0.4, -0.2) is 58.3 Å². The fraction of sp³-hybridized carbons (Fsp3) is 0.556. The van der Waals surface area contributed by atoms with Crippen molar-refractivity contribution in [2.75, 3.05) is 13.1 Å². The van der Waals surface area contributed by atoms with Crippen LogP contribution in [0.1, 0.15) is 81.8 Å². The first-order valence-corrected chi connectivity index (χ1v) is 12.6. The molecule has 8 nitrogen and oxygen atoms in total. The Kier molecular flexibility index (Phi) is 6.70. The molecular weight excluding hydrogens is 465 g/mol. The Labute approximate surface area is 210 Å². The van der Waals surface area contributed by atoms with Crippen LogP contribution in [0.25, 0.3) is 5.57 Å². The van der Waals surface area contributed by atoms with Crippen LogP contribution in [0.3, 0.4) is 0 Å². The Balaban J connectivity index is 1.66. The molecule has 3 heterocycles. The third-order valence-corrected chi connectivity index (χ3v) is 7.53. The Morgan fingerprint density at radius 3 is 2.44 bits per heavy atom. The zero-order valence-corrected chi connectivity index (χ0v) is 21.6. The topological polar surface area (TPSA) is 96.0 Å². The average molecular weight is 500 g/mol. The molecule has 0 saturated carbocycles. The molecular formula is C27H34FN3O5. The molecule has 3 aliphatic rings. The van der Waals surface area contributed by atoms with Gasteiger partial charge in [-0.3, -0.25) is 19.7 Å². The summed E-state index contributed by atoms with van der Waals surface area (Å²) >= 11 is 0. The lowest BCUT2D eigenvalue weighted by Crippen LogP contribution is -2.52. The van der Waals surface area contributed by atoms with E-state index in [9.17, 15) is 19.2 Å². The molecule has 0 aromatic heterocycles. The average Bonchev–Trinajstić information content (AvgIpc) is 3.15. The SMILES string of the molecule is CCC1(CC)CN(C(=O)OC(C)(C)C)CC=C1c1ccc2c(c1F)CN(C1CCC(=O)NC1=O)C2=O. The number of carbonyl (C=O) groups is 4. The van der Waals surface area contributed by atoms with Gasteiger partial charge in [0.25, 0.3) is 5.91 Å². The maximum absolute atomic E-state index is 16.0. The molecule has 9 heteroatoms. The Hall–Kier alpha value is -3.23. The molecule has 1 saturated heterocycles. The molecule has 0 bridgehead atoms. The highest BCUT2D eigenvalue weighted by Crippen LogP contribution is 2.46. The lowest BCUT2D eigenvalue weighted by molar-refractivity contribution is -0.136. The summed E-state index contributed by atoms with van der Waals surface area (Å²) in [6.07, 6.45) is 3.22. The molecule has 1 aromatic carbocycles. The number of piperidine rings is 1. The molecule has 0 aliphatic carbocycles. The van der Waals surface area contributed by atoms with E-state index in [2.05, 4.69) is 5.32 Å². The molecule has 1 atom stereocenters. The van der Waals surface area contributed by atoms with Crippen molar-refractivity contribution in [1.29, 1.82) is 0 Å². The maximum atomic E-state index is 16.0. The normalized spacial score (nSPS) is 21.8. The van der Waals surface area contributed by atoms with Crippen LogP contribution in [0, 0.1) is 11.2 Å². The first-order valence-electron chi connectivity index (χ1n) is 12.6. The number of nitrogens with zero attached hydrogens (tertiary/aromatic N) is 2. The second kappa shape index (κ2) is 9.33. The van der Waals surface area contributed by atoms with Gasteiger partial charge in [0.1, 0.15) is 17.5 Å². The third-order valence-electron chi connectivity index (χ3n) is 7.53. The van der Waals surface area contributed by atoms with E-state index in [0.717, 1.165) is 5.57 Å². The van der Waals surface area contributed by atoms with E-state index in [0.29, 0.717) is 31.5 Å². The number of ether oxygens (including phenoxy) is 1. The van der Waals surface area contributed by atoms with Gasteiger partial charge in [0.2, 0.25) is 11.8 Å². The number of hydrogen-bond acceptors (Lipinski definition) is 5. The van der Waals surface area contributed by atoms with E-state index in [1.807, 2.05) is 40.7 Å². The Bertz CT molecular complexity index is 1150. The lowest BCUT2D eigenvalue weighted by Gasteiger charge is -2.43. The molecule has 36 heavy (non-hydrogen) atoms. The predicted octanol–water partition coefficient (Wildman–Crippen LogP) is 4.03. The van der Waals surface area contributed by atoms with Gasteiger partial charge in [0, 0.05) is 41.6 Å². The number of amides is 4. The second-order valence-corrected chi connectivity index (χ2v) is 10.8. The monoisotopic (exact) mass is 499 g/mol. The largest absolute Gasteiger partial charge is 0.444 e. The first-order chi connectivity index (χ1) is 16.9. The third kappa shape index (κ3) is 4.51. The molecule has 0 spiro atoms. The smallest absolute Gasteiger partial charge is 0.410 e. The van der Waals surface area contributed by atoms with Gasteiger partial charge in [-0.2, -0.15) is 0 Å². The number of carbonyl (C=O) groups excluding carboxylic acids is 4. The van der Waals surface area contributed by atoms with Crippen molar-refractivity contribution in [3.05, 3.63) is 40.7 Å². The van der Waals surface area contributed by atoms with Gasteiger partial charge >= 0.3 is 6.09 Å².